The first-order valence-corrected chi connectivity index (χ1v) is 8.75. The molecule has 0 spiro atoms. The Labute approximate surface area is 147 Å². The molecule has 0 radical (unpaired) electrons. The van der Waals surface area contributed by atoms with Gasteiger partial charge >= 0.3 is 0 Å². The van der Waals surface area contributed by atoms with Gasteiger partial charge in [0.15, 0.2) is 5.82 Å². The second-order valence-corrected chi connectivity index (χ2v) is 7.09. The molecule has 9 heteroatoms. The summed E-state index contributed by atoms with van der Waals surface area (Å²) < 4.78 is 18.6. The highest BCUT2D eigenvalue weighted by atomic mass is 35.5. The fourth-order valence-electron chi connectivity index (χ4n) is 2.28. The first kappa shape index (κ1) is 17.2. The monoisotopic (exact) mass is 370 g/mol. The third kappa shape index (κ3) is 4.06. The maximum absolute atomic E-state index is 13.0. The average molecular weight is 371 g/mol. The summed E-state index contributed by atoms with van der Waals surface area (Å²) in [6.07, 6.45) is 1.87. The molecule has 1 fully saturated rings. The van der Waals surface area contributed by atoms with Crippen LogP contribution in [0.1, 0.15) is 31.7 Å². The summed E-state index contributed by atoms with van der Waals surface area (Å²) in [6, 6.07) is 3.82. The summed E-state index contributed by atoms with van der Waals surface area (Å²) in [6.45, 7) is 2.46. The molecular weight excluding hydrogens is 355 g/mol. The lowest BCUT2D eigenvalue weighted by Gasteiger charge is -2.11. The smallest absolute Gasteiger partial charge is 0.237 e. The number of rotatable bonds is 5. The summed E-state index contributed by atoms with van der Waals surface area (Å²) in [5.41, 5.74) is 0.366. The molecule has 2 N–H and O–H groups in total. The van der Waals surface area contributed by atoms with Crippen LogP contribution in [0.15, 0.2) is 23.4 Å². The molecular formula is C15H16ClFN4O2S. The van der Waals surface area contributed by atoms with Crippen LogP contribution in [0, 0.1) is 5.82 Å². The second-order valence-electron chi connectivity index (χ2n) is 5.38. The Bertz CT molecular complexity index is 736. The lowest BCUT2D eigenvalue weighted by Crippen LogP contribution is -2.22. The van der Waals surface area contributed by atoms with Crippen LogP contribution in [0.3, 0.4) is 0 Å². The van der Waals surface area contributed by atoms with Gasteiger partial charge in [-0.2, -0.15) is 0 Å². The Morgan fingerprint density at radius 1 is 1.58 bits per heavy atom. The lowest BCUT2D eigenvalue weighted by molar-refractivity contribution is -0.115. The quantitative estimate of drug-likeness (QED) is 0.786. The molecule has 128 valence electrons. The predicted molar refractivity (Wildman–Crippen MR) is 89.7 cm³/mol. The van der Waals surface area contributed by atoms with Crippen molar-refractivity contribution in [2.75, 3.05) is 11.9 Å². The predicted octanol–water partition coefficient (Wildman–Crippen LogP) is 3.57. The molecule has 0 saturated carbocycles. The Hall–Kier alpha value is -1.64. The number of nitrogens with zero attached hydrogens (tertiary/aromatic N) is 2. The molecule has 1 aliphatic heterocycles. The number of hydrogen-bond donors (Lipinski definition) is 2. The molecule has 1 aromatic carbocycles. The first-order chi connectivity index (χ1) is 11.5. The van der Waals surface area contributed by atoms with Crippen molar-refractivity contribution in [1.82, 2.24) is 15.2 Å². The number of nitrogens with one attached hydrogen (secondary N) is 2. The Morgan fingerprint density at radius 3 is 3.12 bits per heavy atom. The van der Waals surface area contributed by atoms with Crippen molar-refractivity contribution in [3.05, 3.63) is 34.9 Å². The number of hydrogen-bond acceptors (Lipinski definition) is 5. The Kier molecular flexibility index (Phi) is 5.37. The fourth-order valence-corrected chi connectivity index (χ4v) is 3.23. The highest BCUT2D eigenvalue weighted by molar-refractivity contribution is 8.00. The standard InChI is InChI=1S/C15H16ClFN4O2S/c1-8(14(22)18-11-5-4-9(17)7-10(11)16)24-15-19-13(20-21-15)12-3-2-6-23-12/h4-5,7-8,12H,2-3,6H2,1H3,(H,18,22)(H,19,20,21). The largest absolute Gasteiger partial charge is 0.370 e. The van der Waals surface area contributed by atoms with Crippen LogP contribution < -0.4 is 5.32 Å². The summed E-state index contributed by atoms with van der Waals surface area (Å²) >= 11 is 7.13. The summed E-state index contributed by atoms with van der Waals surface area (Å²) in [5.74, 6) is -0.0380. The molecule has 1 aliphatic rings. The van der Waals surface area contributed by atoms with Crippen LogP contribution in [-0.2, 0) is 9.53 Å². The van der Waals surface area contributed by atoms with Gasteiger partial charge in [0.1, 0.15) is 11.9 Å². The van der Waals surface area contributed by atoms with Gasteiger partial charge in [-0.15, -0.1) is 5.10 Å². The number of aromatic nitrogens is 3. The van der Waals surface area contributed by atoms with E-state index in [4.69, 9.17) is 16.3 Å². The number of ether oxygens (including phenoxy) is 1. The highest BCUT2D eigenvalue weighted by Gasteiger charge is 2.23. The van der Waals surface area contributed by atoms with Crippen molar-refractivity contribution in [3.63, 3.8) is 0 Å². The number of carbonyl (C=O) groups excluding carboxylic acids is 1. The Morgan fingerprint density at radius 2 is 2.42 bits per heavy atom. The van der Waals surface area contributed by atoms with Crippen molar-refractivity contribution in [2.45, 2.75) is 36.3 Å². The molecule has 1 saturated heterocycles. The zero-order valence-corrected chi connectivity index (χ0v) is 14.5. The van der Waals surface area contributed by atoms with Gasteiger partial charge in [-0.3, -0.25) is 9.89 Å². The van der Waals surface area contributed by atoms with Gasteiger partial charge in [-0.25, -0.2) is 9.37 Å². The maximum Gasteiger partial charge on any atom is 0.237 e. The average Bonchev–Trinajstić information content (AvgIpc) is 3.20. The zero-order chi connectivity index (χ0) is 17.1. The van der Waals surface area contributed by atoms with Crippen LogP contribution in [0.4, 0.5) is 10.1 Å². The highest BCUT2D eigenvalue weighted by Crippen LogP contribution is 2.29. The summed E-state index contributed by atoms with van der Waals surface area (Å²) in [5, 5.41) is 9.82. The van der Waals surface area contributed by atoms with Crippen LogP contribution in [-0.4, -0.2) is 32.9 Å². The van der Waals surface area contributed by atoms with Crippen molar-refractivity contribution in [2.24, 2.45) is 0 Å². The van der Waals surface area contributed by atoms with E-state index in [0.29, 0.717) is 16.7 Å². The molecule has 1 aromatic heterocycles. The van der Waals surface area contributed by atoms with E-state index in [1.807, 2.05) is 0 Å². The van der Waals surface area contributed by atoms with Crippen molar-refractivity contribution in [3.8, 4) is 0 Å². The first-order valence-electron chi connectivity index (χ1n) is 7.49. The van der Waals surface area contributed by atoms with E-state index in [-0.39, 0.29) is 17.0 Å². The van der Waals surface area contributed by atoms with E-state index in [0.717, 1.165) is 25.5 Å². The van der Waals surface area contributed by atoms with Gasteiger partial charge in [0, 0.05) is 6.61 Å². The molecule has 6 nitrogen and oxygen atoms in total. The number of aromatic amines is 1. The lowest BCUT2D eigenvalue weighted by atomic mass is 10.2. The van der Waals surface area contributed by atoms with E-state index in [9.17, 15) is 9.18 Å². The summed E-state index contributed by atoms with van der Waals surface area (Å²) in [7, 11) is 0. The molecule has 2 unspecified atom stereocenters. The maximum atomic E-state index is 13.0. The molecule has 2 atom stereocenters. The van der Waals surface area contributed by atoms with Crippen molar-refractivity contribution < 1.29 is 13.9 Å². The molecule has 0 bridgehead atoms. The second kappa shape index (κ2) is 7.50. The van der Waals surface area contributed by atoms with Crippen LogP contribution in [0.2, 0.25) is 5.02 Å². The van der Waals surface area contributed by atoms with Crippen LogP contribution in [0.25, 0.3) is 0 Å². The molecule has 0 aliphatic carbocycles. The molecule has 2 heterocycles. The number of amides is 1. The van der Waals surface area contributed by atoms with E-state index in [1.54, 1.807) is 6.92 Å². The normalized spacial score (nSPS) is 18.5. The van der Waals surface area contributed by atoms with Gasteiger partial charge in [0.2, 0.25) is 11.1 Å². The molecule has 24 heavy (non-hydrogen) atoms. The van der Waals surface area contributed by atoms with Gasteiger partial charge in [0.05, 0.1) is 16.0 Å². The minimum absolute atomic E-state index is 0.0472. The molecule has 3 rings (SSSR count). The van der Waals surface area contributed by atoms with Crippen molar-refractivity contribution >= 4 is 35.0 Å². The molecule has 2 aromatic rings. The third-order valence-corrected chi connectivity index (χ3v) is 4.83. The van der Waals surface area contributed by atoms with E-state index in [1.165, 1.54) is 23.9 Å². The zero-order valence-electron chi connectivity index (χ0n) is 12.9. The minimum Gasteiger partial charge on any atom is -0.370 e. The van der Waals surface area contributed by atoms with Gasteiger partial charge in [-0.05, 0) is 38.0 Å². The number of anilines is 1. The van der Waals surface area contributed by atoms with Crippen LogP contribution in [0.5, 0.6) is 0 Å². The number of halogens is 2. The number of carbonyl (C=O) groups is 1. The van der Waals surface area contributed by atoms with Crippen molar-refractivity contribution in [1.29, 1.82) is 0 Å². The van der Waals surface area contributed by atoms with Gasteiger partial charge in [-0.1, -0.05) is 23.4 Å². The topological polar surface area (TPSA) is 79.9 Å². The Balaban J connectivity index is 1.59. The summed E-state index contributed by atoms with van der Waals surface area (Å²) in [4.78, 5) is 16.6. The third-order valence-electron chi connectivity index (χ3n) is 3.56. The SMILES string of the molecule is CC(Sc1n[nH]c(C2CCCO2)n1)C(=O)Nc1ccc(F)cc1Cl. The number of H-pyrrole nitrogens is 1. The minimum atomic E-state index is -0.456. The van der Waals surface area contributed by atoms with E-state index in [2.05, 4.69) is 20.5 Å². The number of benzene rings is 1. The number of thioether (sulfide) groups is 1. The van der Waals surface area contributed by atoms with E-state index >= 15 is 0 Å². The van der Waals surface area contributed by atoms with Gasteiger partial charge in [0.25, 0.3) is 0 Å². The fraction of sp³-hybridized carbons (Fsp3) is 0.400. The molecule has 1 amide bonds. The van der Waals surface area contributed by atoms with Gasteiger partial charge < -0.3 is 10.1 Å². The van der Waals surface area contributed by atoms with Crippen LogP contribution >= 0.6 is 23.4 Å². The van der Waals surface area contributed by atoms with E-state index < -0.39 is 11.1 Å².